The number of piperazine rings is 1. The predicted octanol–water partition coefficient (Wildman–Crippen LogP) is 0.357. The standard InChI is InChI=1S/C10H18N2O2/c1-8(2)10(13)14-9(3)12-6-4-11-5-7-12/h9,11H,1,4-7H2,2-3H3. The summed E-state index contributed by atoms with van der Waals surface area (Å²) in [7, 11) is 0. The lowest BCUT2D eigenvalue weighted by Gasteiger charge is -2.32. The van der Waals surface area contributed by atoms with Crippen LogP contribution in [0.3, 0.4) is 0 Å². The third-order valence-corrected chi connectivity index (χ3v) is 2.29. The van der Waals surface area contributed by atoms with Crippen LogP contribution < -0.4 is 5.32 Å². The minimum absolute atomic E-state index is 0.152. The first-order valence-corrected chi connectivity index (χ1v) is 4.92. The number of nitrogens with one attached hydrogen (secondary N) is 1. The van der Waals surface area contributed by atoms with Gasteiger partial charge in [-0.3, -0.25) is 4.90 Å². The summed E-state index contributed by atoms with van der Waals surface area (Å²) < 4.78 is 5.21. The number of nitrogens with zero attached hydrogens (tertiary/aromatic N) is 1. The normalized spacial score (nSPS) is 20.1. The number of hydrogen-bond acceptors (Lipinski definition) is 4. The third-order valence-electron chi connectivity index (χ3n) is 2.29. The van der Waals surface area contributed by atoms with Crippen LogP contribution in [-0.2, 0) is 9.53 Å². The zero-order valence-corrected chi connectivity index (χ0v) is 8.88. The summed E-state index contributed by atoms with van der Waals surface area (Å²) in [6.45, 7) is 10.9. The van der Waals surface area contributed by atoms with E-state index in [4.69, 9.17) is 4.74 Å². The van der Waals surface area contributed by atoms with Crippen molar-refractivity contribution in [2.75, 3.05) is 26.2 Å². The molecule has 0 radical (unpaired) electrons. The van der Waals surface area contributed by atoms with E-state index >= 15 is 0 Å². The van der Waals surface area contributed by atoms with Crippen LogP contribution in [0, 0.1) is 0 Å². The van der Waals surface area contributed by atoms with E-state index in [0.29, 0.717) is 5.57 Å². The first-order chi connectivity index (χ1) is 6.61. The van der Waals surface area contributed by atoms with Crippen molar-refractivity contribution in [3.8, 4) is 0 Å². The Hall–Kier alpha value is -0.870. The molecule has 0 saturated carbocycles. The lowest BCUT2D eigenvalue weighted by Crippen LogP contribution is -2.48. The van der Waals surface area contributed by atoms with Crippen molar-refractivity contribution >= 4 is 5.97 Å². The van der Waals surface area contributed by atoms with Crippen LogP contribution in [0.15, 0.2) is 12.2 Å². The molecule has 0 aromatic rings. The van der Waals surface area contributed by atoms with Gasteiger partial charge in [0, 0.05) is 31.8 Å². The molecular weight excluding hydrogens is 180 g/mol. The molecule has 1 unspecified atom stereocenters. The highest BCUT2D eigenvalue weighted by atomic mass is 16.6. The fraction of sp³-hybridized carbons (Fsp3) is 0.700. The van der Waals surface area contributed by atoms with Crippen LogP contribution in [-0.4, -0.2) is 43.3 Å². The molecular formula is C10H18N2O2. The van der Waals surface area contributed by atoms with Gasteiger partial charge in [0.25, 0.3) is 0 Å². The molecule has 0 aromatic carbocycles. The van der Waals surface area contributed by atoms with Gasteiger partial charge in [0.2, 0.25) is 0 Å². The topological polar surface area (TPSA) is 41.6 Å². The lowest BCUT2D eigenvalue weighted by atomic mass is 10.3. The third kappa shape index (κ3) is 3.12. The summed E-state index contributed by atoms with van der Waals surface area (Å²) in [5.41, 5.74) is 0.451. The first kappa shape index (κ1) is 11.2. The molecule has 0 spiro atoms. The fourth-order valence-electron chi connectivity index (χ4n) is 1.38. The number of carbonyl (C=O) groups is 1. The highest BCUT2D eigenvalue weighted by Crippen LogP contribution is 2.05. The molecule has 0 bridgehead atoms. The van der Waals surface area contributed by atoms with Crippen LogP contribution in [0.25, 0.3) is 0 Å². The van der Waals surface area contributed by atoms with E-state index in [1.54, 1.807) is 6.92 Å². The Labute approximate surface area is 84.9 Å². The Morgan fingerprint density at radius 2 is 2.07 bits per heavy atom. The molecule has 4 nitrogen and oxygen atoms in total. The van der Waals surface area contributed by atoms with Gasteiger partial charge < -0.3 is 10.1 Å². The SMILES string of the molecule is C=C(C)C(=O)OC(C)N1CCNCC1. The van der Waals surface area contributed by atoms with Gasteiger partial charge in [0.15, 0.2) is 6.23 Å². The van der Waals surface area contributed by atoms with E-state index in [1.807, 2.05) is 6.92 Å². The van der Waals surface area contributed by atoms with E-state index in [0.717, 1.165) is 26.2 Å². The molecule has 1 atom stereocenters. The highest BCUT2D eigenvalue weighted by Gasteiger charge is 2.19. The van der Waals surface area contributed by atoms with Crippen LogP contribution in [0.5, 0.6) is 0 Å². The molecule has 0 amide bonds. The van der Waals surface area contributed by atoms with Crippen molar-refractivity contribution in [2.45, 2.75) is 20.1 Å². The molecule has 80 valence electrons. The maximum Gasteiger partial charge on any atom is 0.334 e. The van der Waals surface area contributed by atoms with Crippen molar-refractivity contribution in [1.29, 1.82) is 0 Å². The summed E-state index contributed by atoms with van der Waals surface area (Å²) in [6, 6.07) is 0. The Morgan fingerprint density at radius 1 is 1.50 bits per heavy atom. The van der Waals surface area contributed by atoms with Crippen molar-refractivity contribution in [3.63, 3.8) is 0 Å². The lowest BCUT2D eigenvalue weighted by molar-refractivity contribution is -0.153. The summed E-state index contributed by atoms with van der Waals surface area (Å²) in [5, 5.41) is 3.25. The number of esters is 1. The van der Waals surface area contributed by atoms with E-state index in [1.165, 1.54) is 0 Å². The molecule has 1 heterocycles. The van der Waals surface area contributed by atoms with Gasteiger partial charge in [-0.1, -0.05) is 6.58 Å². The molecule has 1 fully saturated rings. The average Bonchev–Trinajstić information content (AvgIpc) is 2.19. The summed E-state index contributed by atoms with van der Waals surface area (Å²) in [5.74, 6) is -0.309. The summed E-state index contributed by atoms with van der Waals surface area (Å²) in [6.07, 6.45) is -0.152. The smallest absolute Gasteiger partial charge is 0.334 e. The maximum atomic E-state index is 11.2. The van der Waals surface area contributed by atoms with Gasteiger partial charge in [-0.2, -0.15) is 0 Å². The van der Waals surface area contributed by atoms with E-state index in [-0.39, 0.29) is 12.2 Å². The van der Waals surface area contributed by atoms with Crippen LogP contribution >= 0.6 is 0 Å². The minimum atomic E-state index is -0.309. The molecule has 14 heavy (non-hydrogen) atoms. The Balaban J connectivity index is 2.36. The second kappa shape index (κ2) is 5.12. The largest absolute Gasteiger partial charge is 0.443 e. The Morgan fingerprint density at radius 3 is 2.57 bits per heavy atom. The Bertz CT molecular complexity index is 222. The zero-order valence-electron chi connectivity index (χ0n) is 8.88. The number of ether oxygens (including phenoxy) is 1. The number of hydrogen-bond donors (Lipinski definition) is 1. The van der Waals surface area contributed by atoms with E-state index in [9.17, 15) is 4.79 Å². The van der Waals surface area contributed by atoms with Crippen LogP contribution in [0.4, 0.5) is 0 Å². The van der Waals surface area contributed by atoms with Crippen molar-refractivity contribution in [2.24, 2.45) is 0 Å². The Kier molecular flexibility index (Phi) is 4.10. The molecule has 1 N–H and O–H groups in total. The fourth-order valence-corrected chi connectivity index (χ4v) is 1.38. The van der Waals surface area contributed by atoms with Gasteiger partial charge in [0.1, 0.15) is 0 Å². The predicted molar refractivity (Wildman–Crippen MR) is 54.8 cm³/mol. The first-order valence-electron chi connectivity index (χ1n) is 4.92. The van der Waals surface area contributed by atoms with Crippen LogP contribution in [0.1, 0.15) is 13.8 Å². The van der Waals surface area contributed by atoms with Gasteiger partial charge in [-0.25, -0.2) is 4.79 Å². The molecule has 4 heteroatoms. The van der Waals surface area contributed by atoms with Gasteiger partial charge >= 0.3 is 5.97 Å². The van der Waals surface area contributed by atoms with Gasteiger partial charge in [0.05, 0.1) is 0 Å². The van der Waals surface area contributed by atoms with Crippen molar-refractivity contribution in [3.05, 3.63) is 12.2 Å². The molecule has 1 rings (SSSR count). The van der Waals surface area contributed by atoms with Crippen molar-refractivity contribution < 1.29 is 9.53 Å². The molecule has 0 aliphatic carbocycles. The molecule has 0 aromatic heterocycles. The molecule has 1 saturated heterocycles. The zero-order chi connectivity index (χ0) is 10.6. The quantitative estimate of drug-likeness (QED) is 0.525. The second-order valence-corrected chi connectivity index (χ2v) is 3.57. The van der Waals surface area contributed by atoms with Gasteiger partial charge in [-0.05, 0) is 13.8 Å². The monoisotopic (exact) mass is 198 g/mol. The van der Waals surface area contributed by atoms with Crippen molar-refractivity contribution in [1.82, 2.24) is 10.2 Å². The minimum Gasteiger partial charge on any atom is -0.443 e. The summed E-state index contributed by atoms with van der Waals surface area (Å²) >= 11 is 0. The second-order valence-electron chi connectivity index (χ2n) is 3.57. The molecule has 1 aliphatic rings. The number of carbonyl (C=O) groups excluding carboxylic acids is 1. The van der Waals surface area contributed by atoms with E-state index in [2.05, 4.69) is 16.8 Å². The average molecular weight is 198 g/mol. The summed E-state index contributed by atoms with van der Waals surface area (Å²) in [4.78, 5) is 13.4. The van der Waals surface area contributed by atoms with E-state index < -0.39 is 0 Å². The molecule has 1 aliphatic heterocycles. The maximum absolute atomic E-state index is 11.2. The highest BCUT2D eigenvalue weighted by molar-refractivity contribution is 5.87. The van der Waals surface area contributed by atoms with Gasteiger partial charge in [-0.15, -0.1) is 0 Å². The number of rotatable bonds is 3. The van der Waals surface area contributed by atoms with Crippen LogP contribution in [0.2, 0.25) is 0 Å².